The molecular weight excluding hydrogens is 198 g/mol. The first-order valence-electron chi connectivity index (χ1n) is 4.24. The van der Waals surface area contributed by atoms with Crippen LogP contribution in [0, 0.1) is 13.8 Å². The third-order valence-corrected chi connectivity index (χ3v) is 2.68. The number of nitrogens with zero attached hydrogens (tertiary/aromatic N) is 4. The maximum Gasteiger partial charge on any atom is 0.145 e. The summed E-state index contributed by atoms with van der Waals surface area (Å²) >= 11 is 1.58. The zero-order valence-electron chi connectivity index (χ0n) is 8.06. The van der Waals surface area contributed by atoms with Crippen LogP contribution in [0.2, 0.25) is 0 Å². The Hall–Kier alpha value is -1.43. The van der Waals surface area contributed by atoms with E-state index in [1.165, 1.54) is 0 Å². The van der Waals surface area contributed by atoms with Gasteiger partial charge in [-0.15, -0.1) is 10.2 Å². The number of hydrogen-bond donors (Lipinski definition) is 1. The van der Waals surface area contributed by atoms with Crippen molar-refractivity contribution >= 4 is 17.2 Å². The van der Waals surface area contributed by atoms with Gasteiger partial charge in [-0.25, -0.2) is 0 Å². The number of aryl methyl sites for hydroxylation is 2. The van der Waals surface area contributed by atoms with Crippen molar-refractivity contribution in [3.8, 4) is 0 Å². The Morgan fingerprint density at radius 1 is 1.43 bits per heavy atom. The lowest BCUT2D eigenvalue weighted by atomic mass is 10.4. The van der Waals surface area contributed by atoms with Crippen LogP contribution in [0.1, 0.15) is 15.7 Å². The third-order valence-electron chi connectivity index (χ3n) is 1.85. The first-order chi connectivity index (χ1) is 6.65. The van der Waals surface area contributed by atoms with Crippen molar-refractivity contribution < 1.29 is 0 Å². The molecule has 2 aromatic rings. The van der Waals surface area contributed by atoms with Crippen molar-refractivity contribution in [2.75, 3.05) is 5.73 Å². The lowest BCUT2D eigenvalue weighted by Crippen LogP contribution is -2.03. The van der Waals surface area contributed by atoms with Gasteiger partial charge >= 0.3 is 0 Å². The van der Waals surface area contributed by atoms with E-state index in [4.69, 9.17) is 5.73 Å². The topological polar surface area (TPSA) is 69.6 Å². The molecule has 2 rings (SSSR count). The SMILES string of the molecule is Cc1nnc(Cn2nc(N)cc2C)s1. The van der Waals surface area contributed by atoms with Gasteiger partial charge in [-0.2, -0.15) is 5.10 Å². The minimum Gasteiger partial charge on any atom is -0.382 e. The first kappa shape index (κ1) is 9.14. The van der Waals surface area contributed by atoms with Crippen LogP contribution >= 0.6 is 11.3 Å². The molecule has 0 saturated heterocycles. The molecule has 2 heterocycles. The van der Waals surface area contributed by atoms with Gasteiger partial charge in [0, 0.05) is 11.8 Å². The second-order valence-electron chi connectivity index (χ2n) is 3.08. The van der Waals surface area contributed by atoms with Crippen LogP contribution < -0.4 is 5.73 Å². The van der Waals surface area contributed by atoms with Crippen LogP contribution in [0.15, 0.2) is 6.07 Å². The zero-order valence-corrected chi connectivity index (χ0v) is 8.88. The van der Waals surface area contributed by atoms with E-state index in [1.54, 1.807) is 11.3 Å². The second kappa shape index (κ2) is 3.38. The van der Waals surface area contributed by atoms with E-state index in [0.717, 1.165) is 15.7 Å². The molecule has 6 heteroatoms. The Kier molecular flexibility index (Phi) is 2.20. The van der Waals surface area contributed by atoms with Gasteiger partial charge in [0.05, 0.1) is 6.54 Å². The highest BCUT2D eigenvalue weighted by Gasteiger charge is 2.05. The normalized spacial score (nSPS) is 10.7. The summed E-state index contributed by atoms with van der Waals surface area (Å²) in [6, 6.07) is 1.84. The van der Waals surface area contributed by atoms with Crippen molar-refractivity contribution in [3.05, 3.63) is 21.8 Å². The molecule has 0 unspecified atom stereocenters. The fourth-order valence-electron chi connectivity index (χ4n) is 1.23. The second-order valence-corrected chi connectivity index (χ2v) is 4.35. The minimum absolute atomic E-state index is 0.545. The molecule has 0 amide bonds. The van der Waals surface area contributed by atoms with Crippen LogP contribution in [-0.2, 0) is 6.54 Å². The van der Waals surface area contributed by atoms with Gasteiger partial charge in [-0.1, -0.05) is 11.3 Å². The maximum absolute atomic E-state index is 5.57. The van der Waals surface area contributed by atoms with Gasteiger partial charge in [0.15, 0.2) is 0 Å². The van der Waals surface area contributed by atoms with Gasteiger partial charge in [0.25, 0.3) is 0 Å². The van der Waals surface area contributed by atoms with Crippen LogP contribution in [0.4, 0.5) is 5.82 Å². The van der Waals surface area contributed by atoms with Crippen molar-refractivity contribution in [2.45, 2.75) is 20.4 Å². The lowest BCUT2D eigenvalue weighted by Gasteiger charge is -1.98. The summed E-state index contributed by atoms with van der Waals surface area (Å²) in [7, 11) is 0. The van der Waals surface area contributed by atoms with E-state index >= 15 is 0 Å². The van der Waals surface area contributed by atoms with Crippen molar-refractivity contribution in [2.24, 2.45) is 0 Å². The molecule has 0 aliphatic carbocycles. The van der Waals surface area contributed by atoms with Gasteiger partial charge in [0.1, 0.15) is 15.8 Å². The van der Waals surface area contributed by atoms with Crippen molar-refractivity contribution in [1.82, 2.24) is 20.0 Å². The first-order valence-corrected chi connectivity index (χ1v) is 5.05. The van der Waals surface area contributed by atoms with Gasteiger partial charge in [-0.05, 0) is 13.8 Å². The molecule has 0 aliphatic heterocycles. The average Bonchev–Trinajstić information content (AvgIpc) is 2.61. The summed E-state index contributed by atoms with van der Waals surface area (Å²) in [6.07, 6.45) is 0. The molecule has 0 saturated carbocycles. The molecule has 74 valence electrons. The Balaban J connectivity index is 2.22. The summed E-state index contributed by atoms with van der Waals surface area (Å²) in [5, 5.41) is 14.0. The van der Waals surface area contributed by atoms with Crippen molar-refractivity contribution in [3.63, 3.8) is 0 Å². The smallest absolute Gasteiger partial charge is 0.145 e. The maximum atomic E-state index is 5.57. The molecule has 0 spiro atoms. The number of rotatable bonds is 2. The number of aromatic nitrogens is 4. The highest BCUT2D eigenvalue weighted by Crippen LogP contribution is 2.12. The summed E-state index contributed by atoms with van der Waals surface area (Å²) in [5.74, 6) is 0.545. The van der Waals surface area contributed by atoms with Crippen LogP contribution in [0.25, 0.3) is 0 Å². The van der Waals surface area contributed by atoms with Crippen LogP contribution in [0.3, 0.4) is 0 Å². The largest absolute Gasteiger partial charge is 0.382 e. The summed E-state index contributed by atoms with van der Waals surface area (Å²) < 4.78 is 1.83. The van der Waals surface area contributed by atoms with Gasteiger partial charge < -0.3 is 5.73 Å². The highest BCUT2D eigenvalue weighted by atomic mass is 32.1. The molecule has 5 nitrogen and oxygen atoms in total. The molecular formula is C8H11N5S. The number of anilines is 1. The predicted octanol–water partition coefficient (Wildman–Crippen LogP) is 0.982. The number of hydrogen-bond acceptors (Lipinski definition) is 5. The van der Waals surface area contributed by atoms with E-state index in [9.17, 15) is 0 Å². The molecule has 0 atom stereocenters. The molecule has 14 heavy (non-hydrogen) atoms. The van der Waals surface area contributed by atoms with Crippen LogP contribution in [0.5, 0.6) is 0 Å². The van der Waals surface area contributed by atoms with E-state index in [1.807, 2.05) is 24.6 Å². The standard InChI is InChI=1S/C8H11N5S/c1-5-3-7(9)12-13(5)4-8-11-10-6(2)14-8/h3H,4H2,1-2H3,(H2,9,12). The Morgan fingerprint density at radius 2 is 2.21 bits per heavy atom. The number of nitrogens with two attached hydrogens (primary N) is 1. The Bertz CT molecular complexity index is 444. The van der Waals surface area contributed by atoms with E-state index in [-0.39, 0.29) is 0 Å². The van der Waals surface area contributed by atoms with Gasteiger partial charge in [0.2, 0.25) is 0 Å². The quantitative estimate of drug-likeness (QED) is 0.800. The molecule has 0 bridgehead atoms. The summed E-state index contributed by atoms with van der Waals surface area (Å²) in [4.78, 5) is 0. The lowest BCUT2D eigenvalue weighted by molar-refractivity contribution is 0.659. The Morgan fingerprint density at radius 3 is 2.71 bits per heavy atom. The van der Waals surface area contributed by atoms with E-state index in [2.05, 4.69) is 15.3 Å². The van der Waals surface area contributed by atoms with E-state index < -0.39 is 0 Å². The van der Waals surface area contributed by atoms with Gasteiger partial charge in [-0.3, -0.25) is 4.68 Å². The predicted molar refractivity (Wildman–Crippen MR) is 55.1 cm³/mol. The molecule has 0 fully saturated rings. The van der Waals surface area contributed by atoms with Crippen LogP contribution in [-0.4, -0.2) is 20.0 Å². The molecule has 0 aliphatic rings. The van der Waals surface area contributed by atoms with E-state index in [0.29, 0.717) is 12.4 Å². The summed E-state index contributed by atoms with van der Waals surface area (Å²) in [6.45, 7) is 4.55. The monoisotopic (exact) mass is 209 g/mol. The number of nitrogen functional groups attached to an aromatic ring is 1. The summed E-state index contributed by atoms with van der Waals surface area (Å²) in [5.41, 5.74) is 6.61. The fraction of sp³-hybridized carbons (Fsp3) is 0.375. The highest BCUT2D eigenvalue weighted by molar-refractivity contribution is 7.11. The average molecular weight is 209 g/mol. The Labute approximate surface area is 85.6 Å². The molecule has 0 aromatic carbocycles. The zero-order chi connectivity index (χ0) is 10.1. The third kappa shape index (κ3) is 1.74. The molecule has 2 N–H and O–H groups in total. The molecule has 2 aromatic heterocycles. The van der Waals surface area contributed by atoms with Crippen molar-refractivity contribution in [1.29, 1.82) is 0 Å². The molecule has 0 radical (unpaired) electrons. The fourth-order valence-corrected chi connectivity index (χ4v) is 1.92. The minimum atomic E-state index is 0.545.